The van der Waals surface area contributed by atoms with E-state index < -0.39 is 0 Å². The molecule has 0 atom stereocenters. The lowest BCUT2D eigenvalue weighted by atomic mass is 9.99. The average Bonchev–Trinajstić information content (AvgIpc) is 2.47. The highest BCUT2D eigenvalue weighted by Gasteiger charge is 2.16. The van der Waals surface area contributed by atoms with Crippen LogP contribution in [0.15, 0.2) is 18.3 Å². The molecule has 1 aliphatic rings. The van der Waals surface area contributed by atoms with Crippen LogP contribution in [0.1, 0.15) is 46.0 Å². The van der Waals surface area contributed by atoms with Gasteiger partial charge in [0.1, 0.15) is 5.82 Å². The van der Waals surface area contributed by atoms with Gasteiger partial charge in [0.25, 0.3) is 0 Å². The zero-order valence-corrected chi connectivity index (χ0v) is 12.6. The maximum Gasteiger partial charge on any atom is 0.224 e. The molecule has 0 aliphatic carbocycles. The number of piperidine rings is 1. The lowest BCUT2D eigenvalue weighted by Gasteiger charge is -2.31. The van der Waals surface area contributed by atoms with E-state index in [4.69, 9.17) is 0 Å². The van der Waals surface area contributed by atoms with Crippen LogP contribution < -0.4 is 10.2 Å². The molecule has 0 bridgehead atoms. The van der Waals surface area contributed by atoms with Crippen molar-refractivity contribution in [3.05, 3.63) is 18.3 Å². The van der Waals surface area contributed by atoms with Crippen LogP contribution in [0, 0.1) is 5.92 Å². The molecule has 2 heterocycles. The van der Waals surface area contributed by atoms with Crippen molar-refractivity contribution < 1.29 is 4.79 Å². The number of nitrogens with one attached hydrogen (secondary N) is 1. The molecular weight excluding hydrogens is 250 g/mol. The molecule has 0 unspecified atom stereocenters. The van der Waals surface area contributed by atoms with Crippen LogP contribution in [0.3, 0.4) is 0 Å². The lowest BCUT2D eigenvalue weighted by molar-refractivity contribution is -0.116. The normalized spacial score (nSPS) is 16.2. The van der Waals surface area contributed by atoms with Crippen LogP contribution in [-0.4, -0.2) is 24.0 Å². The molecule has 1 aliphatic heterocycles. The fourth-order valence-electron chi connectivity index (χ4n) is 2.45. The molecule has 0 spiro atoms. The number of amides is 1. The number of pyridine rings is 1. The minimum atomic E-state index is 0.0770. The van der Waals surface area contributed by atoms with Crippen molar-refractivity contribution in [3.63, 3.8) is 0 Å². The highest BCUT2D eigenvalue weighted by Crippen LogP contribution is 2.22. The molecule has 1 fully saturated rings. The fraction of sp³-hybridized carbons (Fsp3) is 0.625. The van der Waals surface area contributed by atoms with E-state index in [2.05, 4.69) is 29.0 Å². The summed E-state index contributed by atoms with van der Waals surface area (Å²) in [5.74, 6) is 1.92. The van der Waals surface area contributed by atoms with Crippen LogP contribution in [-0.2, 0) is 4.79 Å². The van der Waals surface area contributed by atoms with E-state index in [0.717, 1.165) is 43.4 Å². The number of unbranched alkanes of at least 4 members (excludes halogenated alkanes) is 1. The molecule has 0 aromatic carbocycles. The predicted octanol–water partition coefficient (Wildman–Crippen LogP) is 3.45. The Morgan fingerprint density at radius 3 is 2.75 bits per heavy atom. The zero-order valence-electron chi connectivity index (χ0n) is 12.6. The Kier molecular flexibility index (Phi) is 5.39. The molecule has 1 N–H and O–H groups in total. The van der Waals surface area contributed by atoms with Gasteiger partial charge in [-0.05, 0) is 37.3 Å². The van der Waals surface area contributed by atoms with Crippen molar-refractivity contribution in [2.45, 2.75) is 46.0 Å². The Morgan fingerprint density at radius 2 is 2.15 bits per heavy atom. The molecule has 1 amide bonds. The highest BCUT2D eigenvalue weighted by molar-refractivity contribution is 5.90. The number of hydrogen-bond acceptors (Lipinski definition) is 3. The fourth-order valence-corrected chi connectivity index (χ4v) is 2.45. The predicted molar refractivity (Wildman–Crippen MR) is 83.0 cm³/mol. The topological polar surface area (TPSA) is 45.2 Å². The Balaban J connectivity index is 1.88. The summed E-state index contributed by atoms with van der Waals surface area (Å²) in [7, 11) is 0. The van der Waals surface area contributed by atoms with Gasteiger partial charge in [0.15, 0.2) is 0 Å². The molecule has 2 rings (SSSR count). The van der Waals surface area contributed by atoms with Gasteiger partial charge in [0.05, 0.1) is 11.9 Å². The van der Waals surface area contributed by atoms with Gasteiger partial charge in [0, 0.05) is 19.5 Å². The van der Waals surface area contributed by atoms with Gasteiger partial charge >= 0.3 is 0 Å². The first kappa shape index (κ1) is 14.8. The summed E-state index contributed by atoms with van der Waals surface area (Å²) >= 11 is 0. The van der Waals surface area contributed by atoms with Crippen molar-refractivity contribution in [2.24, 2.45) is 5.92 Å². The largest absolute Gasteiger partial charge is 0.357 e. The number of rotatable bonds is 5. The molecule has 4 heteroatoms. The van der Waals surface area contributed by atoms with Crippen molar-refractivity contribution in [2.75, 3.05) is 23.3 Å². The van der Waals surface area contributed by atoms with Crippen molar-refractivity contribution in [3.8, 4) is 0 Å². The Morgan fingerprint density at radius 1 is 1.40 bits per heavy atom. The molecule has 110 valence electrons. The van der Waals surface area contributed by atoms with E-state index in [-0.39, 0.29) is 5.91 Å². The molecule has 20 heavy (non-hydrogen) atoms. The van der Waals surface area contributed by atoms with Crippen LogP contribution in [0.5, 0.6) is 0 Å². The number of nitrogens with zero attached hydrogens (tertiary/aromatic N) is 2. The van der Waals surface area contributed by atoms with E-state index in [1.54, 1.807) is 6.20 Å². The molecule has 1 aromatic rings. The van der Waals surface area contributed by atoms with Gasteiger partial charge < -0.3 is 10.2 Å². The highest BCUT2D eigenvalue weighted by atomic mass is 16.1. The number of carbonyl (C=O) groups is 1. The van der Waals surface area contributed by atoms with Gasteiger partial charge in [-0.3, -0.25) is 4.79 Å². The molecule has 1 saturated heterocycles. The van der Waals surface area contributed by atoms with Crippen molar-refractivity contribution >= 4 is 17.4 Å². The maximum absolute atomic E-state index is 11.6. The standard InChI is InChI=1S/C16H25N3O/c1-3-4-5-16(20)18-14-6-7-15(17-12-14)19-10-8-13(2)9-11-19/h6-7,12-13H,3-5,8-11H2,1-2H3,(H,18,20). The van der Waals surface area contributed by atoms with Crippen molar-refractivity contribution in [1.29, 1.82) is 0 Å². The molecule has 4 nitrogen and oxygen atoms in total. The summed E-state index contributed by atoms with van der Waals surface area (Å²) in [4.78, 5) is 18.4. The number of aromatic nitrogens is 1. The number of hydrogen-bond donors (Lipinski definition) is 1. The second-order valence-electron chi connectivity index (χ2n) is 5.73. The molecular formula is C16H25N3O. The Bertz CT molecular complexity index is 422. The monoisotopic (exact) mass is 275 g/mol. The number of anilines is 2. The molecule has 1 aromatic heterocycles. The summed E-state index contributed by atoms with van der Waals surface area (Å²) in [5.41, 5.74) is 0.792. The third-order valence-corrected chi connectivity index (χ3v) is 3.90. The van der Waals surface area contributed by atoms with Gasteiger partial charge in [-0.25, -0.2) is 4.98 Å². The Hall–Kier alpha value is -1.58. The minimum absolute atomic E-state index is 0.0770. The summed E-state index contributed by atoms with van der Waals surface area (Å²) in [6, 6.07) is 3.95. The Labute approximate surface area is 121 Å². The van der Waals surface area contributed by atoms with Crippen molar-refractivity contribution in [1.82, 2.24) is 4.98 Å². The zero-order chi connectivity index (χ0) is 14.4. The van der Waals surface area contributed by atoms with E-state index in [0.29, 0.717) is 6.42 Å². The average molecular weight is 275 g/mol. The van der Waals surface area contributed by atoms with E-state index >= 15 is 0 Å². The second kappa shape index (κ2) is 7.27. The molecule has 0 radical (unpaired) electrons. The van der Waals surface area contributed by atoms with Crippen LogP contribution >= 0.6 is 0 Å². The van der Waals surface area contributed by atoms with Crippen LogP contribution in [0.25, 0.3) is 0 Å². The number of carbonyl (C=O) groups excluding carboxylic acids is 1. The minimum Gasteiger partial charge on any atom is -0.357 e. The summed E-state index contributed by atoms with van der Waals surface area (Å²) < 4.78 is 0. The first-order chi connectivity index (χ1) is 9.69. The van der Waals surface area contributed by atoms with E-state index in [1.165, 1.54) is 12.8 Å². The maximum atomic E-state index is 11.6. The van der Waals surface area contributed by atoms with Gasteiger partial charge in [-0.15, -0.1) is 0 Å². The van der Waals surface area contributed by atoms with Crippen LogP contribution in [0.4, 0.5) is 11.5 Å². The first-order valence-electron chi connectivity index (χ1n) is 7.70. The smallest absolute Gasteiger partial charge is 0.224 e. The first-order valence-corrected chi connectivity index (χ1v) is 7.70. The van der Waals surface area contributed by atoms with E-state index in [9.17, 15) is 4.79 Å². The SMILES string of the molecule is CCCCC(=O)Nc1ccc(N2CCC(C)CC2)nc1. The third kappa shape index (κ3) is 4.22. The van der Waals surface area contributed by atoms with Gasteiger partial charge in [-0.2, -0.15) is 0 Å². The third-order valence-electron chi connectivity index (χ3n) is 3.90. The lowest BCUT2D eigenvalue weighted by Crippen LogP contribution is -2.33. The van der Waals surface area contributed by atoms with E-state index in [1.807, 2.05) is 12.1 Å². The van der Waals surface area contributed by atoms with Gasteiger partial charge in [0.2, 0.25) is 5.91 Å². The van der Waals surface area contributed by atoms with Crippen LogP contribution in [0.2, 0.25) is 0 Å². The summed E-state index contributed by atoms with van der Waals surface area (Å²) in [6.07, 6.45) is 6.79. The van der Waals surface area contributed by atoms with Gasteiger partial charge in [-0.1, -0.05) is 20.3 Å². The second-order valence-corrected chi connectivity index (χ2v) is 5.73. The quantitative estimate of drug-likeness (QED) is 0.895. The summed E-state index contributed by atoms with van der Waals surface area (Å²) in [6.45, 7) is 6.55. The molecule has 0 saturated carbocycles. The summed E-state index contributed by atoms with van der Waals surface area (Å²) in [5, 5.41) is 2.89.